The summed E-state index contributed by atoms with van der Waals surface area (Å²) in [7, 11) is 3.29. The molecule has 0 bridgehead atoms. The molecule has 0 radical (unpaired) electrons. The molecular formula is C28H29N3O4. The van der Waals surface area contributed by atoms with Crippen LogP contribution in [0, 0.1) is 6.92 Å². The third-order valence-corrected chi connectivity index (χ3v) is 6.41. The van der Waals surface area contributed by atoms with Crippen LogP contribution < -0.4 is 14.2 Å². The molecule has 7 heteroatoms. The van der Waals surface area contributed by atoms with Crippen LogP contribution in [0.3, 0.4) is 0 Å². The number of ether oxygens (including phenoxy) is 3. The molecule has 0 N–H and O–H groups in total. The maximum Gasteiger partial charge on any atom is 0.227 e. The third kappa shape index (κ3) is 4.80. The number of hydrogen-bond donors (Lipinski definition) is 0. The van der Waals surface area contributed by atoms with E-state index < -0.39 is 0 Å². The minimum absolute atomic E-state index is 0.118. The lowest BCUT2D eigenvalue weighted by molar-refractivity contribution is -0.131. The minimum Gasteiger partial charge on any atom is -0.497 e. The number of fused-ring (bicyclic) bond motifs is 2. The fraction of sp³-hybridized carbons (Fsp3) is 0.286. The van der Waals surface area contributed by atoms with E-state index in [4.69, 9.17) is 19.2 Å². The van der Waals surface area contributed by atoms with Crippen LogP contribution in [0.4, 0.5) is 5.69 Å². The van der Waals surface area contributed by atoms with E-state index in [0.29, 0.717) is 32.6 Å². The predicted molar refractivity (Wildman–Crippen MR) is 135 cm³/mol. The molecule has 0 saturated carbocycles. The molecule has 5 rings (SSSR count). The van der Waals surface area contributed by atoms with Gasteiger partial charge in [0, 0.05) is 26.2 Å². The number of benzene rings is 3. The van der Waals surface area contributed by atoms with Crippen molar-refractivity contribution in [2.24, 2.45) is 4.99 Å². The molecule has 35 heavy (non-hydrogen) atoms. The van der Waals surface area contributed by atoms with Crippen molar-refractivity contribution in [3.63, 3.8) is 0 Å². The third-order valence-electron chi connectivity index (χ3n) is 6.41. The summed E-state index contributed by atoms with van der Waals surface area (Å²) in [6.07, 6.45) is 0.360. The fourth-order valence-corrected chi connectivity index (χ4v) is 4.47. The Kier molecular flexibility index (Phi) is 6.31. The molecule has 0 unspecified atom stereocenters. The molecule has 0 aliphatic carbocycles. The van der Waals surface area contributed by atoms with E-state index in [2.05, 4.69) is 4.90 Å². The van der Waals surface area contributed by atoms with E-state index in [1.165, 1.54) is 0 Å². The number of aliphatic imine (C=N–C) groups is 1. The SMILES string of the molecule is COc1cccc(CC(=O)N2CCN(C3=Nc4ccc(C)cc4Oc4ccc(OC)cc43)CC2)c1. The fourth-order valence-electron chi connectivity index (χ4n) is 4.47. The quantitative estimate of drug-likeness (QED) is 0.557. The topological polar surface area (TPSA) is 63.6 Å². The van der Waals surface area contributed by atoms with E-state index in [1.807, 2.05) is 72.5 Å². The summed E-state index contributed by atoms with van der Waals surface area (Å²) in [4.78, 5) is 22.2. The van der Waals surface area contributed by atoms with Crippen LogP contribution >= 0.6 is 0 Å². The molecule has 2 aliphatic heterocycles. The zero-order chi connectivity index (χ0) is 24.4. The number of amides is 1. The lowest BCUT2D eigenvalue weighted by Crippen LogP contribution is -2.51. The summed E-state index contributed by atoms with van der Waals surface area (Å²) >= 11 is 0. The van der Waals surface area contributed by atoms with Crippen LogP contribution in [-0.2, 0) is 11.2 Å². The number of hydrogen-bond acceptors (Lipinski definition) is 6. The molecule has 2 heterocycles. The molecule has 0 spiro atoms. The number of nitrogens with zero attached hydrogens (tertiary/aromatic N) is 3. The second-order valence-corrected chi connectivity index (χ2v) is 8.77. The molecule has 3 aromatic rings. The van der Waals surface area contributed by atoms with Crippen molar-refractivity contribution < 1.29 is 19.0 Å². The van der Waals surface area contributed by atoms with E-state index in [0.717, 1.165) is 51.2 Å². The molecule has 1 saturated heterocycles. The van der Waals surface area contributed by atoms with Gasteiger partial charge >= 0.3 is 0 Å². The van der Waals surface area contributed by atoms with Gasteiger partial charge in [0.2, 0.25) is 5.91 Å². The highest BCUT2D eigenvalue weighted by Gasteiger charge is 2.28. The first kappa shape index (κ1) is 22.8. The number of aryl methyl sites for hydroxylation is 1. The van der Waals surface area contributed by atoms with Crippen LogP contribution in [0.5, 0.6) is 23.0 Å². The van der Waals surface area contributed by atoms with E-state index in [9.17, 15) is 4.79 Å². The van der Waals surface area contributed by atoms with Crippen LogP contribution in [0.1, 0.15) is 16.7 Å². The van der Waals surface area contributed by atoms with Gasteiger partial charge in [0.05, 0.1) is 26.2 Å². The Balaban J connectivity index is 1.37. The monoisotopic (exact) mass is 471 g/mol. The van der Waals surface area contributed by atoms with Crippen molar-refractivity contribution in [3.05, 3.63) is 77.4 Å². The van der Waals surface area contributed by atoms with Gasteiger partial charge in [-0.2, -0.15) is 0 Å². The number of carbonyl (C=O) groups is 1. The zero-order valence-electron chi connectivity index (χ0n) is 20.3. The molecule has 1 amide bonds. The highest BCUT2D eigenvalue weighted by atomic mass is 16.5. The van der Waals surface area contributed by atoms with Crippen LogP contribution in [-0.4, -0.2) is 61.9 Å². The molecular weight excluding hydrogens is 442 g/mol. The molecule has 0 aromatic heterocycles. The summed E-state index contributed by atoms with van der Waals surface area (Å²) in [5.74, 6) is 3.94. The molecule has 180 valence electrons. The maximum atomic E-state index is 13.0. The number of carbonyl (C=O) groups excluding carboxylic acids is 1. The van der Waals surface area contributed by atoms with Gasteiger partial charge in [-0.3, -0.25) is 4.79 Å². The number of amidine groups is 1. The molecule has 2 aliphatic rings. The number of rotatable bonds is 4. The largest absolute Gasteiger partial charge is 0.497 e. The molecule has 1 fully saturated rings. The summed E-state index contributed by atoms with van der Waals surface area (Å²) in [5.41, 5.74) is 3.74. The van der Waals surface area contributed by atoms with Gasteiger partial charge in [-0.15, -0.1) is 0 Å². The Morgan fingerprint density at radius 2 is 1.69 bits per heavy atom. The smallest absolute Gasteiger partial charge is 0.227 e. The molecule has 7 nitrogen and oxygen atoms in total. The highest BCUT2D eigenvalue weighted by molar-refractivity contribution is 6.04. The number of methoxy groups -OCH3 is 2. The van der Waals surface area contributed by atoms with Gasteiger partial charge in [-0.05, 0) is 60.5 Å². The zero-order valence-corrected chi connectivity index (χ0v) is 20.3. The second-order valence-electron chi connectivity index (χ2n) is 8.77. The number of piperazine rings is 1. The standard InChI is InChI=1S/C28H29N3O4/c1-19-7-9-24-26(15-19)35-25-10-8-22(34-3)18-23(25)28(29-24)31-13-11-30(12-14-31)27(32)17-20-5-4-6-21(16-20)33-2/h4-10,15-16,18H,11-14,17H2,1-3H3. The average Bonchev–Trinajstić information content (AvgIpc) is 3.04. The Morgan fingerprint density at radius 1 is 0.914 bits per heavy atom. The van der Waals surface area contributed by atoms with E-state index in [-0.39, 0.29) is 5.91 Å². The summed E-state index contributed by atoms with van der Waals surface area (Å²) in [6, 6.07) is 19.5. The minimum atomic E-state index is 0.118. The Bertz CT molecular complexity index is 1280. The van der Waals surface area contributed by atoms with Gasteiger partial charge in [0.15, 0.2) is 5.75 Å². The van der Waals surface area contributed by atoms with Gasteiger partial charge in [-0.1, -0.05) is 18.2 Å². The first-order valence-electron chi connectivity index (χ1n) is 11.8. The van der Waals surface area contributed by atoms with Gasteiger partial charge in [0.1, 0.15) is 28.8 Å². The summed E-state index contributed by atoms with van der Waals surface area (Å²) in [5, 5.41) is 0. The highest BCUT2D eigenvalue weighted by Crippen LogP contribution is 2.40. The summed E-state index contributed by atoms with van der Waals surface area (Å²) < 4.78 is 17.0. The van der Waals surface area contributed by atoms with Crippen molar-refractivity contribution in [2.75, 3.05) is 40.4 Å². The lowest BCUT2D eigenvalue weighted by Gasteiger charge is -2.36. The summed E-state index contributed by atoms with van der Waals surface area (Å²) in [6.45, 7) is 4.66. The van der Waals surface area contributed by atoms with Crippen molar-refractivity contribution in [1.29, 1.82) is 0 Å². The van der Waals surface area contributed by atoms with Gasteiger partial charge in [-0.25, -0.2) is 4.99 Å². The Morgan fingerprint density at radius 3 is 2.46 bits per heavy atom. The van der Waals surface area contributed by atoms with Crippen molar-refractivity contribution in [1.82, 2.24) is 9.80 Å². The van der Waals surface area contributed by atoms with Crippen molar-refractivity contribution >= 4 is 17.4 Å². The van der Waals surface area contributed by atoms with Gasteiger partial charge in [0.25, 0.3) is 0 Å². The average molecular weight is 472 g/mol. The Hall–Kier alpha value is -4.00. The molecule has 0 atom stereocenters. The normalized spacial score (nSPS) is 14.8. The van der Waals surface area contributed by atoms with Crippen LogP contribution in [0.25, 0.3) is 0 Å². The molecule has 3 aromatic carbocycles. The predicted octanol–water partition coefficient (Wildman–Crippen LogP) is 4.58. The Labute approximate surface area is 205 Å². The first-order chi connectivity index (χ1) is 17.0. The van der Waals surface area contributed by atoms with E-state index >= 15 is 0 Å². The lowest BCUT2D eigenvalue weighted by atomic mass is 10.1. The van der Waals surface area contributed by atoms with Crippen molar-refractivity contribution in [2.45, 2.75) is 13.3 Å². The van der Waals surface area contributed by atoms with Crippen molar-refractivity contribution in [3.8, 4) is 23.0 Å². The first-order valence-corrected chi connectivity index (χ1v) is 11.8. The van der Waals surface area contributed by atoms with Crippen LogP contribution in [0.15, 0.2) is 65.7 Å². The van der Waals surface area contributed by atoms with E-state index in [1.54, 1.807) is 14.2 Å². The van der Waals surface area contributed by atoms with Crippen LogP contribution in [0.2, 0.25) is 0 Å². The van der Waals surface area contributed by atoms with Gasteiger partial charge < -0.3 is 24.0 Å². The second kappa shape index (κ2) is 9.70. The maximum absolute atomic E-state index is 13.0.